The summed E-state index contributed by atoms with van der Waals surface area (Å²) in [4.78, 5) is 33.5. The van der Waals surface area contributed by atoms with Crippen molar-refractivity contribution in [3.8, 4) is 16.5 Å². The number of hydrogen-bond donors (Lipinski definition) is 4. The fourth-order valence-corrected chi connectivity index (χ4v) is 6.16. The first-order chi connectivity index (χ1) is 15.7. The van der Waals surface area contributed by atoms with E-state index >= 15 is 0 Å². The van der Waals surface area contributed by atoms with Crippen molar-refractivity contribution in [2.45, 2.75) is 37.8 Å². The van der Waals surface area contributed by atoms with Crippen LogP contribution in [-0.2, 0) is 9.98 Å². The van der Waals surface area contributed by atoms with Gasteiger partial charge in [-0.1, -0.05) is 38.1 Å². The van der Waals surface area contributed by atoms with Crippen LogP contribution in [0.4, 0.5) is 11.4 Å². The third-order valence-corrected chi connectivity index (χ3v) is 8.27. The van der Waals surface area contributed by atoms with Gasteiger partial charge in [0.1, 0.15) is 0 Å². The predicted molar refractivity (Wildman–Crippen MR) is 132 cm³/mol. The summed E-state index contributed by atoms with van der Waals surface area (Å²) in [5, 5.41) is 14.3. The lowest BCUT2D eigenvalue weighted by molar-refractivity contribution is 0.102. The van der Waals surface area contributed by atoms with E-state index in [1.165, 1.54) is 0 Å². The maximum absolute atomic E-state index is 12.9. The molecule has 3 rings (SSSR count). The summed E-state index contributed by atoms with van der Waals surface area (Å²) in [5.74, 6) is -0.359. The molecule has 1 heterocycles. The van der Waals surface area contributed by atoms with Crippen LogP contribution in [0.25, 0.3) is 10.4 Å². The Hall–Kier alpha value is -2.95. The van der Waals surface area contributed by atoms with E-state index in [9.17, 15) is 24.4 Å². The van der Waals surface area contributed by atoms with Crippen LogP contribution in [0.5, 0.6) is 0 Å². The maximum Gasteiger partial charge on any atom is 0.343 e. The number of rotatable bonds is 8. The zero-order valence-electron chi connectivity index (χ0n) is 18.4. The molecule has 0 aliphatic heterocycles. The molecule has 7 nitrogen and oxygen atoms in total. The highest BCUT2D eigenvalue weighted by Gasteiger charge is 2.47. The normalized spacial score (nSPS) is 12.7. The molecule has 0 aliphatic rings. The summed E-state index contributed by atoms with van der Waals surface area (Å²) in [6.45, 7) is 3.60. The molecule has 1 aromatic heterocycles. The van der Waals surface area contributed by atoms with Crippen molar-refractivity contribution < 1.29 is 19.1 Å². The SMILES string of the molecule is CCC(CC)(c1ccc(C(=O)Nc2cc(-c3cccs3)ccc2N)cc1)C(C#N)P(=O)(O)O. The van der Waals surface area contributed by atoms with Crippen molar-refractivity contribution in [3.63, 3.8) is 0 Å². The Morgan fingerprint density at radius 3 is 2.36 bits per heavy atom. The number of thiophene rings is 1. The first-order valence-electron chi connectivity index (χ1n) is 10.5. The highest BCUT2D eigenvalue weighted by molar-refractivity contribution is 7.53. The number of amides is 1. The van der Waals surface area contributed by atoms with Gasteiger partial charge in [0, 0.05) is 15.9 Å². The smallest absolute Gasteiger partial charge is 0.343 e. The van der Waals surface area contributed by atoms with Gasteiger partial charge in [-0.15, -0.1) is 11.3 Å². The summed E-state index contributed by atoms with van der Waals surface area (Å²) in [5.41, 5.74) is 6.42. The number of nitrogen functional groups attached to an aromatic ring is 1. The molecular weight excluding hydrogens is 457 g/mol. The Bertz CT molecular complexity index is 1210. The summed E-state index contributed by atoms with van der Waals surface area (Å²) >= 11 is 1.59. The second-order valence-electron chi connectivity index (χ2n) is 7.79. The standard InChI is InChI=1S/C24H26N3O4PS/c1-3-24(4-2,22(15-25)32(29,30)31)18-10-7-16(8-11-18)23(28)27-20-14-17(9-12-19(20)26)21-6-5-13-33-21/h5-14,22H,3-4,26H2,1-2H3,(H,27,28)(H2,29,30,31). The van der Waals surface area contributed by atoms with Crippen molar-refractivity contribution in [2.24, 2.45) is 0 Å². The summed E-state index contributed by atoms with van der Waals surface area (Å²) in [6.07, 6.45) is 0.731. The molecule has 2 aromatic carbocycles. The minimum atomic E-state index is -4.66. The average molecular weight is 484 g/mol. The van der Waals surface area contributed by atoms with Gasteiger partial charge in [-0.05, 0) is 59.7 Å². The van der Waals surface area contributed by atoms with Crippen molar-refractivity contribution in [2.75, 3.05) is 11.1 Å². The van der Waals surface area contributed by atoms with Crippen LogP contribution in [0.3, 0.4) is 0 Å². The molecule has 3 aromatic rings. The third kappa shape index (κ3) is 5.02. The molecule has 0 spiro atoms. The zero-order valence-corrected chi connectivity index (χ0v) is 20.1. The number of benzene rings is 2. The lowest BCUT2D eigenvalue weighted by atomic mass is 9.73. The Kier molecular flexibility index (Phi) is 7.41. The van der Waals surface area contributed by atoms with E-state index in [2.05, 4.69) is 5.32 Å². The monoisotopic (exact) mass is 483 g/mol. The summed E-state index contributed by atoms with van der Waals surface area (Å²) < 4.78 is 12.0. The summed E-state index contributed by atoms with van der Waals surface area (Å²) in [7, 11) is -4.66. The van der Waals surface area contributed by atoms with Gasteiger partial charge in [0.25, 0.3) is 5.91 Å². The first kappa shape index (κ1) is 24.7. The van der Waals surface area contributed by atoms with Gasteiger partial charge in [0.05, 0.1) is 17.4 Å². The quantitative estimate of drug-likeness (QED) is 0.251. The third-order valence-electron chi connectivity index (χ3n) is 6.07. The van der Waals surface area contributed by atoms with Crippen LogP contribution in [0, 0.1) is 11.3 Å². The number of carbonyl (C=O) groups excluding carboxylic acids is 1. The first-order valence-corrected chi connectivity index (χ1v) is 13.0. The largest absolute Gasteiger partial charge is 0.397 e. The fraction of sp³-hybridized carbons (Fsp3) is 0.250. The highest BCUT2D eigenvalue weighted by atomic mass is 32.1. The van der Waals surface area contributed by atoms with Crippen molar-refractivity contribution in [1.29, 1.82) is 5.26 Å². The molecule has 0 radical (unpaired) electrons. The van der Waals surface area contributed by atoms with E-state index in [-0.39, 0.29) is 5.91 Å². The van der Waals surface area contributed by atoms with E-state index in [1.54, 1.807) is 55.5 Å². The van der Waals surface area contributed by atoms with Crippen LogP contribution in [-0.4, -0.2) is 21.4 Å². The molecule has 1 unspecified atom stereocenters. The Labute approximate surface area is 197 Å². The van der Waals surface area contributed by atoms with Crippen molar-refractivity contribution in [1.82, 2.24) is 0 Å². The van der Waals surface area contributed by atoms with Crippen molar-refractivity contribution >= 4 is 36.2 Å². The molecule has 9 heteroatoms. The van der Waals surface area contributed by atoms with Gasteiger partial charge in [0.2, 0.25) is 0 Å². The molecule has 0 aliphatic carbocycles. The molecule has 0 saturated heterocycles. The number of nitrogens with two attached hydrogens (primary N) is 1. The molecule has 0 bridgehead atoms. The molecule has 0 fully saturated rings. The lowest BCUT2D eigenvalue weighted by Crippen LogP contribution is -2.37. The van der Waals surface area contributed by atoms with Gasteiger partial charge in [-0.25, -0.2) is 0 Å². The molecule has 1 atom stereocenters. The van der Waals surface area contributed by atoms with E-state index in [4.69, 9.17) is 5.73 Å². The van der Waals surface area contributed by atoms with Gasteiger partial charge in [-0.2, -0.15) is 5.26 Å². The average Bonchev–Trinajstić information content (AvgIpc) is 3.33. The molecule has 5 N–H and O–H groups in total. The van der Waals surface area contributed by atoms with Crippen LogP contribution in [0.2, 0.25) is 0 Å². The molecule has 172 valence electrons. The molecule has 33 heavy (non-hydrogen) atoms. The number of nitrogens with one attached hydrogen (secondary N) is 1. The van der Waals surface area contributed by atoms with Gasteiger partial charge in [0.15, 0.2) is 5.66 Å². The predicted octanol–water partition coefficient (Wildman–Crippen LogP) is 5.38. The Balaban J connectivity index is 1.88. The number of anilines is 2. The number of nitriles is 1. The molecule has 1 amide bonds. The van der Waals surface area contributed by atoms with E-state index < -0.39 is 18.7 Å². The van der Waals surface area contributed by atoms with Gasteiger partial charge in [-0.3, -0.25) is 9.36 Å². The Morgan fingerprint density at radius 2 is 1.85 bits per heavy atom. The Morgan fingerprint density at radius 1 is 1.18 bits per heavy atom. The van der Waals surface area contributed by atoms with Crippen LogP contribution in [0.1, 0.15) is 42.6 Å². The maximum atomic E-state index is 12.9. The van der Waals surface area contributed by atoms with E-state index in [0.717, 1.165) is 10.4 Å². The molecule has 0 saturated carbocycles. The second kappa shape index (κ2) is 9.90. The van der Waals surface area contributed by atoms with Crippen LogP contribution >= 0.6 is 18.9 Å². The number of hydrogen-bond acceptors (Lipinski definition) is 5. The second-order valence-corrected chi connectivity index (χ2v) is 10.4. The zero-order chi connectivity index (χ0) is 24.2. The number of nitrogens with zero attached hydrogens (tertiary/aromatic N) is 1. The molecular formula is C24H26N3O4PS. The lowest BCUT2D eigenvalue weighted by Gasteiger charge is -2.36. The summed E-state index contributed by atoms with van der Waals surface area (Å²) in [6, 6.07) is 17.7. The van der Waals surface area contributed by atoms with Gasteiger partial charge >= 0.3 is 7.60 Å². The highest BCUT2D eigenvalue weighted by Crippen LogP contribution is 2.53. The van der Waals surface area contributed by atoms with E-state index in [1.807, 2.05) is 35.7 Å². The van der Waals surface area contributed by atoms with E-state index in [0.29, 0.717) is 35.3 Å². The van der Waals surface area contributed by atoms with Crippen molar-refractivity contribution in [3.05, 3.63) is 71.1 Å². The minimum Gasteiger partial charge on any atom is -0.397 e. The topological polar surface area (TPSA) is 136 Å². The number of carbonyl (C=O) groups is 1. The van der Waals surface area contributed by atoms with Gasteiger partial charge < -0.3 is 20.8 Å². The van der Waals surface area contributed by atoms with Crippen LogP contribution < -0.4 is 11.1 Å². The van der Waals surface area contributed by atoms with Crippen LogP contribution in [0.15, 0.2) is 60.0 Å². The fourth-order valence-electron chi connectivity index (χ4n) is 4.13. The minimum absolute atomic E-state index is 0.359.